The van der Waals surface area contributed by atoms with Gasteiger partial charge in [0.1, 0.15) is 0 Å². The van der Waals surface area contributed by atoms with Crippen LogP contribution in [0.1, 0.15) is 11.1 Å². The van der Waals surface area contributed by atoms with Crippen LogP contribution in [-0.4, -0.2) is 19.0 Å². The number of fused-ring (bicyclic) bond motifs is 1. The molecule has 0 fully saturated rings. The van der Waals surface area contributed by atoms with Gasteiger partial charge in [-0.1, -0.05) is 6.07 Å². The maximum absolute atomic E-state index is 5.65. The van der Waals surface area contributed by atoms with Crippen LogP contribution in [-0.2, 0) is 13.1 Å². The molecule has 2 N–H and O–H groups in total. The molecule has 80 valence electrons. The molecule has 0 bridgehead atoms. The van der Waals surface area contributed by atoms with Gasteiger partial charge in [-0.2, -0.15) is 0 Å². The summed E-state index contributed by atoms with van der Waals surface area (Å²) in [7, 11) is 4.19. The highest BCUT2D eigenvalue weighted by molar-refractivity contribution is 7.17. The molecule has 0 aliphatic heterocycles. The SMILES string of the molecule is CN(C)Cc1csc2ccc(CN)cc12. The molecule has 3 heteroatoms. The molecule has 0 unspecified atom stereocenters. The second-order valence-electron chi connectivity index (χ2n) is 4.03. The van der Waals surface area contributed by atoms with Crippen molar-refractivity contribution < 1.29 is 0 Å². The Balaban J connectivity index is 2.46. The third-order valence-electron chi connectivity index (χ3n) is 2.44. The smallest absolute Gasteiger partial charge is 0.0346 e. The summed E-state index contributed by atoms with van der Waals surface area (Å²) in [5.74, 6) is 0. The van der Waals surface area contributed by atoms with Crippen LogP contribution in [0, 0.1) is 0 Å². The summed E-state index contributed by atoms with van der Waals surface area (Å²) in [5.41, 5.74) is 8.26. The predicted octanol–water partition coefficient (Wildman–Crippen LogP) is 2.42. The molecule has 0 aliphatic rings. The fraction of sp³-hybridized carbons (Fsp3) is 0.333. The van der Waals surface area contributed by atoms with Gasteiger partial charge in [0.05, 0.1) is 0 Å². The first-order valence-electron chi connectivity index (χ1n) is 5.04. The Morgan fingerprint density at radius 1 is 1.33 bits per heavy atom. The van der Waals surface area contributed by atoms with Gasteiger partial charge >= 0.3 is 0 Å². The Morgan fingerprint density at radius 2 is 2.13 bits per heavy atom. The normalized spacial score (nSPS) is 11.5. The molecular formula is C12H16N2S. The number of rotatable bonds is 3. The highest BCUT2D eigenvalue weighted by Gasteiger charge is 2.05. The van der Waals surface area contributed by atoms with E-state index in [4.69, 9.17) is 5.73 Å². The number of benzene rings is 1. The van der Waals surface area contributed by atoms with Gasteiger partial charge < -0.3 is 10.6 Å². The molecule has 15 heavy (non-hydrogen) atoms. The van der Waals surface area contributed by atoms with Gasteiger partial charge in [-0.25, -0.2) is 0 Å². The Morgan fingerprint density at radius 3 is 2.80 bits per heavy atom. The second kappa shape index (κ2) is 4.31. The van der Waals surface area contributed by atoms with Crippen LogP contribution in [0.25, 0.3) is 10.1 Å². The maximum atomic E-state index is 5.65. The fourth-order valence-corrected chi connectivity index (χ4v) is 2.65. The largest absolute Gasteiger partial charge is 0.326 e. The zero-order valence-corrected chi connectivity index (χ0v) is 9.97. The van der Waals surface area contributed by atoms with Crippen molar-refractivity contribution in [3.05, 3.63) is 34.7 Å². The van der Waals surface area contributed by atoms with Gasteiger partial charge in [0.2, 0.25) is 0 Å². The van der Waals surface area contributed by atoms with E-state index >= 15 is 0 Å². The van der Waals surface area contributed by atoms with E-state index in [1.807, 2.05) is 11.3 Å². The van der Waals surface area contributed by atoms with Gasteiger partial charge in [-0.3, -0.25) is 0 Å². The lowest BCUT2D eigenvalue weighted by molar-refractivity contribution is 0.404. The van der Waals surface area contributed by atoms with Gasteiger partial charge in [-0.15, -0.1) is 11.3 Å². The van der Waals surface area contributed by atoms with E-state index < -0.39 is 0 Å². The van der Waals surface area contributed by atoms with E-state index in [0.29, 0.717) is 6.54 Å². The first kappa shape index (κ1) is 10.6. The summed E-state index contributed by atoms with van der Waals surface area (Å²) in [6.45, 7) is 1.61. The number of nitrogens with two attached hydrogens (primary N) is 1. The van der Waals surface area contributed by atoms with Crippen molar-refractivity contribution in [2.45, 2.75) is 13.1 Å². The van der Waals surface area contributed by atoms with Crippen LogP contribution in [0.2, 0.25) is 0 Å². The van der Waals surface area contributed by atoms with E-state index in [0.717, 1.165) is 6.54 Å². The first-order chi connectivity index (χ1) is 7.20. The molecule has 1 aromatic carbocycles. The summed E-state index contributed by atoms with van der Waals surface area (Å²) in [6, 6.07) is 6.49. The average Bonchev–Trinajstić information content (AvgIpc) is 2.60. The third-order valence-corrected chi connectivity index (χ3v) is 3.45. The first-order valence-corrected chi connectivity index (χ1v) is 5.92. The monoisotopic (exact) mass is 220 g/mol. The quantitative estimate of drug-likeness (QED) is 0.860. The van der Waals surface area contributed by atoms with E-state index in [2.05, 4.69) is 42.6 Å². The Labute approximate surface area is 94.3 Å². The van der Waals surface area contributed by atoms with E-state index in [1.165, 1.54) is 21.2 Å². The van der Waals surface area contributed by atoms with Crippen molar-refractivity contribution in [1.29, 1.82) is 0 Å². The van der Waals surface area contributed by atoms with Crippen molar-refractivity contribution in [3.8, 4) is 0 Å². The summed E-state index contributed by atoms with van der Waals surface area (Å²) in [5, 5.41) is 3.60. The number of nitrogens with zero attached hydrogens (tertiary/aromatic N) is 1. The molecule has 1 aromatic heterocycles. The molecule has 0 spiro atoms. The van der Waals surface area contributed by atoms with Gasteiger partial charge in [-0.05, 0) is 48.1 Å². The summed E-state index contributed by atoms with van der Waals surface area (Å²) < 4.78 is 1.35. The number of thiophene rings is 1. The van der Waals surface area contributed by atoms with Crippen LogP contribution in [0.15, 0.2) is 23.6 Å². The van der Waals surface area contributed by atoms with E-state index in [9.17, 15) is 0 Å². The van der Waals surface area contributed by atoms with Crippen molar-refractivity contribution in [2.24, 2.45) is 5.73 Å². The van der Waals surface area contributed by atoms with Crippen LogP contribution >= 0.6 is 11.3 Å². The van der Waals surface area contributed by atoms with Gasteiger partial charge in [0.15, 0.2) is 0 Å². The summed E-state index contributed by atoms with van der Waals surface area (Å²) in [6.07, 6.45) is 0. The van der Waals surface area contributed by atoms with Crippen LogP contribution in [0.5, 0.6) is 0 Å². The van der Waals surface area contributed by atoms with E-state index in [1.54, 1.807) is 0 Å². The molecule has 0 aliphatic carbocycles. The molecule has 0 atom stereocenters. The molecule has 0 amide bonds. The number of hydrogen-bond acceptors (Lipinski definition) is 3. The topological polar surface area (TPSA) is 29.3 Å². The maximum Gasteiger partial charge on any atom is 0.0346 e. The highest BCUT2D eigenvalue weighted by atomic mass is 32.1. The standard InChI is InChI=1S/C12H16N2S/c1-14(2)7-10-8-15-12-4-3-9(6-13)5-11(10)12/h3-5,8H,6-7,13H2,1-2H3. The predicted molar refractivity (Wildman–Crippen MR) is 67.1 cm³/mol. The minimum absolute atomic E-state index is 0.618. The fourth-order valence-electron chi connectivity index (χ4n) is 1.72. The van der Waals surface area contributed by atoms with Crippen molar-refractivity contribution in [3.63, 3.8) is 0 Å². The molecule has 0 saturated carbocycles. The Hall–Kier alpha value is -0.900. The van der Waals surface area contributed by atoms with Crippen molar-refractivity contribution in [2.75, 3.05) is 14.1 Å². The average molecular weight is 220 g/mol. The van der Waals surface area contributed by atoms with Crippen LogP contribution in [0.4, 0.5) is 0 Å². The highest BCUT2D eigenvalue weighted by Crippen LogP contribution is 2.27. The lowest BCUT2D eigenvalue weighted by atomic mass is 10.1. The lowest BCUT2D eigenvalue weighted by Crippen LogP contribution is -2.10. The van der Waals surface area contributed by atoms with Gasteiger partial charge in [0, 0.05) is 17.8 Å². The molecule has 1 heterocycles. The van der Waals surface area contributed by atoms with Gasteiger partial charge in [0.25, 0.3) is 0 Å². The Kier molecular flexibility index (Phi) is 3.05. The molecule has 0 radical (unpaired) electrons. The molecular weight excluding hydrogens is 204 g/mol. The minimum Gasteiger partial charge on any atom is -0.326 e. The zero-order valence-electron chi connectivity index (χ0n) is 9.16. The van der Waals surface area contributed by atoms with Crippen LogP contribution in [0.3, 0.4) is 0 Å². The molecule has 2 aromatic rings. The summed E-state index contributed by atoms with van der Waals surface area (Å²) >= 11 is 1.81. The lowest BCUT2D eigenvalue weighted by Gasteiger charge is -2.08. The van der Waals surface area contributed by atoms with Crippen molar-refractivity contribution >= 4 is 21.4 Å². The Bertz CT molecular complexity index is 460. The summed E-state index contributed by atoms with van der Waals surface area (Å²) in [4.78, 5) is 2.19. The molecule has 0 saturated heterocycles. The van der Waals surface area contributed by atoms with E-state index in [-0.39, 0.29) is 0 Å². The molecule has 2 nitrogen and oxygen atoms in total. The molecule has 2 rings (SSSR count). The minimum atomic E-state index is 0.618. The van der Waals surface area contributed by atoms with Crippen LogP contribution < -0.4 is 5.73 Å². The zero-order chi connectivity index (χ0) is 10.8. The third kappa shape index (κ3) is 2.20. The number of hydrogen-bond donors (Lipinski definition) is 1. The van der Waals surface area contributed by atoms with Crippen molar-refractivity contribution in [1.82, 2.24) is 4.90 Å². The second-order valence-corrected chi connectivity index (χ2v) is 4.94.